The highest BCUT2D eigenvalue weighted by Gasteiger charge is 2.47. The van der Waals surface area contributed by atoms with Gasteiger partial charge in [-0.15, -0.1) is 0 Å². The molecule has 2 aliphatic rings. The lowest BCUT2D eigenvalue weighted by atomic mass is 9.93. The van der Waals surface area contributed by atoms with Gasteiger partial charge in [-0.1, -0.05) is 60.2 Å². The number of hydrogen-bond acceptors (Lipinski definition) is 4. The highest BCUT2D eigenvalue weighted by atomic mass is 16.3. The van der Waals surface area contributed by atoms with Gasteiger partial charge in [0.2, 0.25) is 0 Å². The van der Waals surface area contributed by atoms with Crippen LogP contribution in [0.25, 0.3) is 0 Å². The van der Waals surface area contributed by atoms with Gasteiger partial charge < -0.3 is 15.3 Å². The number of aryl methyl sites for hydroxylation is 1. The lowest BCUT2D eigenvalue weighted by Gasteiger charge is -2.40. The van der Waals surface area contributed by atoms with Crippen molar-refractivity contribution < 1.29 is 9.90 Å². The lowest BCUT2D eigenvalue weighted by molar-refractivity contribution is -0.0895. The molecule has 2 aromatic carbocycles. The van der Waals surface area contributed by atoms with Crippen LogP contribution in [0, 0.1) is 6.92 Å². The first-order valence-electron chi connectivity index (χ1n) is 8.73. The van der Waals surface area contributed by atoms with Crippen molar-refractivity contribution in [3.8, 4) is 0 Å². The van der Waals surface area contributed by atoms with Crippen LogP contribution < -0.4 is 5.32 Å². The van der Waals surface area contributed by atoms with Gasteiger partial charge in [0.25, 0.3) is 0 Å². The van der Waals surface area contributed by atoms with Crippen LogP contribution in [0.3, 0.4) is 0 Å². The molecule has 0 bridgehead atoms. The number of nitrogens with zero attached hydrogens (tertiary/aromatic N) is 1. The fourth-order valence-corrected chi connectivity index (χ4v) is 3.75. The molecule has 0 aliphatic carbocycles. The summed E-state index contributed by atoms with van der Waals surface area (Å²) in [7, 11) is 0. The van der Waals surface area contributed by atoms with Crippen molar-refractivity contribution in [1.82, 2.24) is 10.2 Å². The first-order valence-corrected chi connectivity index (χ1v) is 8.73. The molecular formula is C21H22N2O2. The summed E-state index contributed by atoms with van der Waals surface area (Å²) in [4.78, 5) is 15.0. The second kappa shape index (κ2) is 6.05. The Hall–Kier alpha value is -2.59. The van der Waals surface area contributed by atoms with E-state index in [4.69, 9.17) is 0 Å². The van der Waals surface area contributed by atoms with E-state index in [2.05, 4.69) is 5.32 Å². The molecule has 25 heavy (non-hydrogen) atoms. The van der Waals surface area contributed by atoms with Crippen molar-refractivity contribution in [2.45, 2.75) is 25.5 Å². The van der Waals surface area contributed by atoms with Crippen LogP contribution in [0.1, 0.15) is 34.3 Å². The minimum absolute atomic E-state index is 0.0127. The van der Waals surface area contributed by atoms with Crippen LogP contribution in [-0.4, -0.2) is 28.9 Å². The number of fused-ring (bicyclic) bond motifs is 1. The molecule has 1 fully saturated rings. The first kappa shape index (κ1) is 15.9. The number of carbonyl (C=O) groups excluding carboxylic acids is 1. The Morgan fingerprint density at radius 2 is 1.84 bits per heavy atom. The van der Waals surface area contributed by atoms with Gasteiger partial charge in [0.15, 0.2) is 11.5 Å². The molecule has 4 nitrogen and oxygen atoms in total. The lowest BCUT2D eigenvalue weighted by Crippen LogP contribution is -2.48. The van der Waals surface area contributed by atoms with Crippen molar-refractivity contribution in [3.05, 3.63) is 82.7 Å². The largest absolute Gasteiger partial charge is 0.371 e. The number of hydrogen-bond donors (Lipinski definition) is 2. The van der Waals surface area contributed by atoms with Gasteiger partial charge in [0, 0.05) is 36.2 Å². The number of Topliss-reactive ketones (excluding diaryl/α,β-unsaturated/α-hetero) is 1. The quantitative estimate of drug-likeness (QED) is 0.848. The maximum atomic E-state index is 13.1. The SMILES string of the molecule is Cc1ccc(C(=O)C2=C3NCCCN3C(O)(c3ccccc3)C2)cc1. The van der Waals surface area contributed by atoms with E-state index in [-0.39, 0.29) is 5.78 Å². The van der Waals surface area contributed by atoms with Crippen molar-refractivity contribution >= 4 is 5.78 Å². The third-order valence-corrected chi connectivity index (χ3v) is 5.10. The molecule has 1 atom stereocenters. The summed E-state index contributed by atoms with van der Waals surface area (Å²) in [6.45, 7) is 3.56. The maximum Gasteiger partial charge on any atom is 0.192 e. The van der Waals surface area contributed by atoms with Crippen molar-refractivity contribution in [2.24, 2.45) is 0 Å². The van der Waals surface area contributed by atoms with Gasteiger partial charge in [-0.3, -0.25) is 4.79 Å². The fraction of sp³-hybridized carbons (Fsp3) is 0.286. The van der Waals surface area contributed by atoms with Gasteiger partial charge in [-0.2, -0.15) is 0 Å². The summed E-state index contributed by atoms with van der Waals surface area (Å²) in [6.07, 6.45) is 1.23. The molecule has 0 radical (unpaired) electrons. The minimum Gasteiger partial charge on any atom is -0.371 e. The van der Waals surface area contributed by atoms with Crippen LogP contribution in [0.5, 0.6) is 0 Å². The van der Waals surface area contributed by atoms with E-state index >= 15 is 0 Å². The number of carbonyl (C=O) groups is 1. The van der Waals surface area contributed by atoms with Gasteiger partial charge in [0.05, 0.1) is 0 Å². The monoisotopic (exact) mass is 334 g/mol. The molecule has 0 saturated carbocycles. The molecule has 4 rings (SSSR count). The second-order valence-electron chi connectivity index (χ2n) is 6.81. The van der Waals surface area contributed by atoms with E-state index in [1.54, 1.807) is 0 Å². The molecule has 2 aliphatic heterocycles. The summed E-state index contributed by atoms with van der Waals surface area (Å²) < 4.78 is 0. The predicted octanol–water partition coefficient (Wildman–Crippen LogP) is 2.93. The van der Waals surface area contributed by atoms with Crippen molar-refractivity contribution in [2.75, 3.05) is 13.1 Å². The summed E-state index contributed by atoms with van der Waals surface area (Å²) >= 11 is 0. The molecule has 128 valence electrons. The van der Waals surface area contributed by atoms with Crippen molar-refractivity contribution in [3.63, 3.8) is 0 Å². The summed E-state index contributed by atoms with van der Waals surface area (Å²) in [5, 5.41) is 14.8. The molecule has 2 heterocycles. The van der Waals surface area contributed by atoms with Gasteiger partial charge >= 0.3 is 0 Å². The molecule has 2 N–H and O–H groups in total. The van der Waals surface area contributed by atoms with E-state index in [1.165, 1.54) is 0 Å². The topological polar surface area (TPSA) is 52.6 Å². The van der Waals surface area contributed by atoms with Crippen LogP contribution in [0.2, 0.25) is 0 Å². The van der Waals surface area contributed by atoms with E-state index < -0.39 is 5.72 Å². The van der Waals surface area contributed by atoms with Crippen LogP contribution >= 0.6 is 0 Å². The number of ketones is 1. The second-order valence-corrected chi connectivity index (χ2v) is 6.81. The molecule has 2 aromatic rings. The molecule has 1 unspecified atom stereocenters. The fourth-order valence-electron chi connectivity index (χ4n) is 3.75. The molecule has 0 aromatic heterocycles. The molecular weight excluding hydrogens is 312 g/mol. The molecule has 0 amide bonds. The minimum atomic E-state index is -1.17. The van der Waals surface area contributed by atoms with E-state index in [1.807, 2.05) is 66.4 Å². The van der Waals surface area contributed by atoms with Gasteiger partial charge in [0.1, 0.15) is 5.82 Å². The zero-order chi connectivity index (χ0) is 17.4. The van der Waals surface area contributed by atoms with E-state index in [0.29, 0.717) is 17.6 Å². The van der Waals surface area contributed by atoms with E-state index in [9.17, 15) is 9.90 Å². The summed E-state index contributed by atoms with van der Waals surface area (Å²) in [6, 6.07) is 17.2. The van der Waals surface area contributed by atoms with Crippen LogP contribution in [0.15, 0.2) is 66.0 Å². The summed E-state index contributed by atoms with van der Waals surface area (Å²) in [5.74, 6) is 0.768. The number of rotatable bonds is 3. The Morgan fingerprint density at radius 3 is 2.56 bits per heavy atom. The first-order chi connectivity index (χ1) is 12.1. The zero-order valence-electron chi connectivity index (χ0n) is 14.3. The Kier molecular flexibility index (Phi) is 3.85. The smallest absolute Gasteiger partial charge is 0.192 e. The van der Waals surface area contributed by atoms with Crippen LogP contribution in [0.4, 0.5) is 0 Å². The third kappa shape index (κ3) is 2.63. The zero-order valence-corrected chi connectivity index (χ0v) is 14.3. The highest BCUT2D eigenvalue weighted by Crippen LogP contribution is 2.43. The normalized spacial score (nSPS) is 22.6. The Balaban J connectivity index is 1.74. The van der Waals surface area contributed by atoms with Gasteiger partial charge in [-0.05, 0) is 13.3 Å². The predicted molar refractivity (Wildman–Crippen MR) is 96.8 cm³/mol. The average molecular weight is 334 g/mol. The van der Waals surface area contributed by atoms with E-state index in [0.717, 1.165) is 36.5 Å². The molecule has 4 heteroatoms. The van der Waals surface area contributed by atoms with Crippen LogP contribution in [-0.2, 0) is 5.72 Å². The maximum absolute atomic E-state index is 13.1. The summed E-state index contributed by atoms with van der Waals surface area (Å²) in [5.41, 5.74) is 2.11. The third-order valence-electron chi connectivity index (χ3n) is 5.10. The molecule has 0 spiro atoms. The number of benzene rings is 2. The highest BCUT2D eigenvalue weighted by molar-refractivity contribution is 6.09. The number of aliphatic hydroxyl groups is 1. The molecule has 1 saturated heterocycles. The Labute approximate surface area is 147 Å². The Bertz CT molecular complexity index is 827. The Morgan fingerprint density at radius 1 is 1.12 bits per heavy atom. The average Bonchev–Trinajstić information content (AvgIpc) is 2.97. The standard InChI is InChI=1S/C21H22N2O2/c1-15-8-10-16(11-9-15)19(24)18-14-21(25,17-6-3-2-4-7-17)23-13-5-12-22-20(18)23/h2-4,6-11,22,25H,5,12-14H2,1H3. The number of nitrogens with one attached hydrogen (secondary N) is 1. The van der Waals surface area contributed by atoms with Crippen molar-refractivity contribution in [1.29, 1.82) is 0 Å². The van der Waals surface area contributed by atoms with Gasteiger partial charge in [-0.25, -0.2) is 0 Å².